The molecule has 0 saturated heterocycles. The van der Waals surface area contributed by atoms with Crippen molar-refractivity contribution >= 4 is 5.69 Å². The van der Waals surface area contributed by atoms with Gasteiger partial charge in [0.1, 0.15) is 18.5 Å². The molecule has 8 nitrogen and oxygen atoms in total. The molecule has 0 bridgehead atoms. The predicted molar refractivity (Wildman–Crippen MR) is 117 cm³/mol. The van der Waals surface area contributed by atoms with E-state index < -0.39 is 11.0 Å². The Labute approximate surface area is 182 Å². The van der Waals surface area contributed by atoms with Crippen molar-refractivity contribution in [3.05, 3.63) is 58.1 Å². The van der Waals surface area contributed by atoms with Crippen molar-refractivity contribution in [3.8, 4) is 17.2 Å². The number of benzene rings is 2. The van der Waals surface area contributed by atoms with Crippen molar-refractivity contribution in [2.75, 3.05) is 33.9 Å². The molecule has 168 valence electrons. The summed E-state index contributed by atoms with van der Waals surface area (Å²) >= 11 is 0. The van der Waals surface area contributed by atoms with Gasteiger partial charge in [0.15, 0.2) is 11.5 Å². The molecule has 2 aromatic rings. The van der Waals surface area contributed by atoms with Crippen LogP contribution in [0.1, 0.15) is 31.2 Å². The van der Waals surface area contributed by atoms with Crippen molar-refractivity contribution in [2.45, 2.75) is 37.2 Å². The summed E-state index contributed by atoms with van der Waals surface area (Å²) in [4.78, 5) is 10.2. The number of nitro groups is 1. The molecule has 2 N–H and O–H groups in total. The number of nitrogens with one attached hydrogen (secondary N) is 1. The van der Waals surface area contributed by atoms with Crippen molar-refractivity contribution < 1.29 is 24.2 Å². The molecule has 1 atom stereocenters. The zero-order valence-electron chi connectivity index (χ0n) is 18.0. The normalized spacial score (nSPS) is 16.0. The first-order valence-corrected chi connectivity index (χ1v) is 10.5. The lowest BCUT2D eigenvalue weighted by molar-refractivity contribution is -0.384. The monoisotopic (exact) mass is 430 g/mol. The number of aliphatic hydroxyl groups is 1. The highest BCUT2D eigenvalue weighted by Gasteiger charge is 2.36. The van der Waals surface area contributed by atoms with E-state index in [4.69, 9.17) is 14.2 Å². The number of rotatable bonds is 11. The molecular weight excluding hydrogens is 400 g/mol. The van der Waals surface area contributed by atoms with Crippen LogP contribution in [0.4, 0.5) is 5.69 Å². The summed E-state index contributed by atoms with van der Waals surface area (Å²) in [5, 5.41) is 24.4. The van der Waals surface area contributed by atoms with Gasteiger partial charge in [-0.2, -0.15) is 0 Å². The van der Waals surface area contributed by atoms with Gasteiger partial charge in [0.2, 0.25) is 0 Å². The van der Waals surface area contributed by atoms with Gasteiger partial charge in [0.25, 0.3) is 5.69 Å². The zero-order chi connectivity index (χ0) is 22.3. The van der Waals surface area contributed by atoms with Gasteiger partial charge in [-0.15, -0.1) is 0 Å². The van der Waals surface area contributed by atoms with Crippen LogP contribution in [0.25, 0.3) is 0 Å². The van der Waals surface area contributed by atoms with Crippen molar-refractivity contribution in [3.63, 3.8) is 0 Å². The second-order valence-corrected chi connectivity index (χ2v) is 7.90. The summed E-state index contributed by atoms with van der Waals surface area (Å²) in [5.74, 6) is 1.93. The molecule has 0 radical (unpaired) electrons. The van der Waals surface area contributed by atoms with E-state index >= 15 is 0 Å². The second kappa shape index (κ2) is 10.5. The lowest BCUT2D eigenvalue weighted by Gasteiger charge is -2.31. The molecule has 2 aromatic carbocycles. The third kappa shape index (κ3) is 5.65. The first-order chi connectivity index (χ1) is 15.0. The van der Waals surface area contributed by atoms with Gasteiger partial charge in [0.05, 0.1) is 19.1 Å². The highest BCUT2D eigenvalue weighted by atomic mass is 16.6. The Morgan fingerprint density at radius 2 is 1.77 bits per heavy atom. The lowest BCUT2D eigenvalue weighted by atomic mass is 9.78. The fraction of sp³-hybridized carbons (Fsp3) is 0.478. The average molecular weight is 431 g/mol. The maximum absolute atomic E-state index is 10.7. The molecule has 1 fully saturated rings. The third-order valence-corrected chi connectivity index (χ3v) is 5.89. The van der Waals surface area contributed by atoms with E-state index in [-0.39, 0.29) is 17.7 Å². The molecule has 0 aliphatic heterocycles. The summed E-state index contributed by atoms with van der Waals surface area (Å²) in [6.45, 7) is 1.24. The molecule has 0 heterocycles. The molecule has 31 heavy (non-hydrogen) atoms. The maximum Gasteiger partial charge on any atom is 0.269 e. The summed E-state index contributed by atoms with van der Waals surface area (Å²) in [7, 11) is 3.27. The number of hydrogen-bond donors (Lipinski definition) is 2. The van der Waals surface area contributed by atoms with Crippen molar-refractivity contribution in [2.24, 2.45) is 0 Å². The van der Waals surface area contributed by atoms with Crippen molar-refractivity contribution in [1.29, 1.82) is 0 Å². The Bertz CT molecular complexity index is 865. The molecule has 0 spiro atoms. The number of nitro benzene ring substituents is 1. The maximum atomic E-state index is 10.7. The van der Waals surface area contributed by atoms with Crippen LogP contribution in [0, 0.1) is 10.1 Å². The van der Waals surface area contributed by atoms with Crippen LogP contribution < -0.4 is 19.5 Å². The number of ether oxygens (including phenoxy) is 3. The smallest absolute Gasteiger partial charge is 0.269 e. The van der Waals surface area contributed by atoms with E-state index in [0.29, 0.717) is 18.0 Å². The first-order valence-electron chi connectivity index (χ1n) is 10.5. The van der Waals surface area contributed by atoms with Crippen LogP contribution in [0.15, 0.2) is 42.5 Å². The number of nitrogens with zero attached hydrogens (tertiary/aromatic N) is 1. The summed E-state index contributed by atoms with van der Waals surface area (Å²) in [6.07, 6.45) is 3.79. The lowest BCUT2D eigenvalue weighted by Crippen LogP contribution is -2.40. The SMILES string of the molecule is COc1ccc(C2(CNCC(O)COc3ccc([N+](=O)[O-])cc3)CCCC2)cc1OC. The van der Waals surface area contributed by atoms with Crippen LogP contribution in [0.3, 0.4) is 0 Å². The zero-order valence-corrected chi connectivity index (χ0v) is 18.0. The molecule has 8 heteroatoms. The van der Waals surface area contributed by atoms with E-state index in [1.807, 2.05) is 6.07 Å². The van der Waals surface area contributed by atoms with Crippen LogP contribution in [-0.4, -0.2) is 50.0 Å². The largest absolute Gasteiger partial charge is 0.493 e. The van der Waals surface area contributed by atoms with E-state index in [0.717, 1.165) is 25.1 Å². The number of hydrogen-bond acceptors (Lipinski definition) is 7. The highest BCUT2D eigenvalue weighted by Crippen LogP contribution is 2.43. The van der Waals surface area contributed by atoms with E-state index in [9.17, 15) is 15.2 Å². The van der Waals surface area contributed by atoms with Crippen LogP contribution in [0.5, 0.6) is 17.2 Å². The van der Waals surface area contributed by atoms with E-state index in [1.165, 1.54) is 42.7 Å². The molecule has 3 rings (SSSR count). The molecular formula is C23H30N2O6. The molecule has 1 unspecified atom stereocenters. The Balaban J connectivity index is 1.54. The van der Waals surface area contributed by atoms with Crippen LogP contribution in [-0.2, 0) is 5.41 Å². The van der Waals surface area contributed by atoms with Crippen molar-refractivity contribution in [1.82, 2.24) is 5.32 Å². The third-order valence-electron chi connectivity index (χ3n) is 5.89. The van der Waals surface area contributed by atoms with Gasteiger partial charge >= 0.3 is 0 Å². The Hall–Kier alpha value is -2.84. The number of methoxy groups -OCH3 is 2. The standard InChI is InChI=1S/C23H30N2O6/c1-29-21-10-5-17(13-22(21)30-2)23(11-3-4-12-23)16-24-14-19(26)15-31-20-8-6-18(7-9-20)25(27)28/h5-10,13,19,24,26H,3-4,11-12,14-16H2,1-2H3. The van der Waals surface area contributed by atoms with E-state index in [2.05, 4.69) is 17.4 Å². The predicted octanol–water partition coefficient (Wildman–Crippen LogP) is 3.45. The minimum atomic E-state index is -0.695. The fourth-order valence-electron chi connectivity index (χ4n) is 4.18. The second-order valence-electron chi connectivity index (χ2n) is 7.90. The molecule has 0 aromatic heterocycles. The number of aliphatic hydroxyl groups excluding tert-OH is 1. The number of non-ortho nitro benzene ring substituents is 1. The summed E-state index contributed by atoms with van der Waals surface area (Å²) in [6, 6.07) is 11.9. The summed E-state index contributed by atoms with van der Waals surface area (Å²) in [5.41, 5.74) is 1.22. The van der Waals surface area contributed by atoms with Gasteiger partial charge in [-0.25, -0.2) is 0 Å². The Morgan fingerprint density at radius 1 is 1.10 bits per heavy atom. The summed E-state index contributed by atoms with van der Waals surface area (Å²) < 4.78 is 16.4. The van der Waals surface area contributed by atoms with Gasteiger partial charge in [-0.3, -0.25) is 10.1 Å². The first kappa shape index (κ1) is 22.8. The van der Waals surface area contributed by atoms with Crippen LogP contribution >= 0.6 is 0 Å². The molecule has 1 saturated carbocycles. The van der Waals surface area contributed by atoms with Crippen LogP contribution in [0.2, 0.25) is 0 Å². The van der Waals surface area contributed by atoms with Gasteiger partial charge < -0.3 is 24.6 Å². The van der Waals surface area contributed by atoms with Gasteiger partial charge in [-0.1, -0.05) is 18.9 Å². The minimum absolute atomic E-state index is 0.00149. The quantitative estimate of drug-likeness (QED) is 0.416. The highest BCUT2D eigenvalue weighted by molar-refractivity contribution is 5.45. The molecule has 1 aliphatic carbocycles. The Kier molecular flexibility index (Phi) is 7.70. The fourth-order valence-corrected chi connectivity index (χ4v) is 4.18. The molecule has 0 amide bonds. The molecule has 1 aliphatic rings. The Morgan fingerprint density at radius 3 is 2.39 bits per heavy atom. The van der Waals surface area contributed by atoms with Gasteiger partial charge in [-0.05, 0) is 42.7 Å². The van der Waals surface area contributed by atoms with E-state index in [1.54, 1.807) is 14.2 Å². The topological polar surface area (TPSA) is 103 Å². The van der Waals surface area contributed by atoms with Gasteiger partial charge in [0, 0.05) is 30.6 Å². The average Bonchev–Trinajstić information content (AvgIpc) is 3.27. The minimum Gasteiger partial charge on any atom is -0.493 e.